The Balaban J connectivity index is 1.62. The van der Waals surface area contributed by atoms with Crippen molar-refractivity contribution in [3.63, 3.8) is 0 Å². The van der Waals surface area contributed by atoms with Crippen LogP contribution in [0.3, 0.4) is 0 Å². The number of nitrogens with one attached hydrogen (secondary N) is 1. The third-order valence-electron chi connectivity index (χ3n) is 4.40. The Labute approximate surface area is 180 Å². The maximum atomic E-state index is 12.2. The summed E-state index contributed by atoms with van der Waals surface area (Å²) in [5.41, 5.74) is 2.80. The lowest BCUT2D eigenvalue weighted by atomic mass is 10.1. The number of rotatable bonds is 3. The Morgan fingerprint density at radius 3 is 2.38 bits per heavy atom. The average Bonchev–Trinajstić information content (AvgIpc) is 3.14. The van der Waals surface area contributed by atoms with Crippen molar-refractivity contribution < 1.29 is 26.3 Å². The Hall–Kier alpha value is -3.81. The van der Waals surface area contributed by atoms with Gasteiger partial charge in [0.1, 0.15) is 5.75 Å². The molecular weight excluding hydrogens is 443 g/mol. The zero-order valence-corrected chi connectivity index (χ0v) is 17.0. The summed E-state index contributed by atoms with van der Waals surface area (Å²) in [6.07, 6.45) is -4.75. The maximum Gasteiger partial charge on any atom is 0.573 e. The van der Waals surface area contributed by atoms with Gasteiger partial charge in [-0.2, -0.15) is 0 Å². The number of ether oxygens (including phenoxy) is 1. The van der Waals surface area contributed by atoms with Crippen molar-refractivity contribution in [2.75, 3.05) is 0 Å². The molecule has 0 bridgehead atoms. The predicted octanol–water partition coefficient (Wildman–Crippen LogP) is 4.18. The number of aromatic amines is 1. The Kier molecular flexibility index (Phi) is 5.38. The van der Waals surface area contributed by atoms with Gasteiger partial charge in [0, 0.05) is 11.1 Å². The standard InChI is InChI=1S/C22H14F3N3O3S/c23-22(24,25)31-16-9-5-14(6-10-16)7-12-21-27-18-11-8-15(13-19(18)28-21)17-3-1-2-4-20(17)32(26,29)30/h1-6,8-11,13H,(H,27,28)(H2,26,29,30). The number of aromatic nitrogens is 2. The van der Waals surface area contributed by atoms with Crippen molar-refractivity contribution in [1.82, 2.24) is 9.97 Å². The fraction of sp³-hybridized carbons (Fsp3) is 0.0455. The molecule has 4 aromatic rings. The molecule has 0 amide bonds. The summed E-state index contributed by atoms with van der Waals surface area (Å²) in [5.74, 6) is 5.63. The largest absolute Gasteiger partial charge is 0.573 e. The second-order valence-corrected chi connectivity index (χ2v) is 8.21. The highest BCUT2D eigenvalue weighted by atomic mass is 32.2. The zero-order chi connectivity index (χ0) is 22.9. The fourth-order valence-electron chi connectivity index (χ4n) is 3.06. The van der Waals surface area contributed by atoms with Gasteiger partial charge in [-0.05, 0) is 53.9 Å². The average molecular weight is 457 g/mol. The minimum Gasteiger partial charge on any atom is -0.406 e. The van der Waals surface area contributed by atoms with E-state index in [0.717, 1.165) is 0 Å². The fourth-order valence-corrected chi connectivity index (χ4v) is 3.82. The molecule has 0 aliphatic heterocycles. The maximum absolute atomic E-state index is 12.2. The highest BCUT2D eigenvalue weighted by Gasteiger charge is 2.30. The molecule has 10 heteroatoms. The lowest BCUT2D eigenvalue weighted by molar-refractivity contribution is -0.274. The number of alkyl halides is 3. The lowest BCUT2D eigenvalue weighted by Crippen LogP contribution is -2.16. The van der Waals surface area contributed by atoms with E-state index in [9.17, 15) is 21.6 Å². The number of H-pyrrole nitrogens is 1. The number of sulfonamides is 1. The van der Waals surface area contributed by atoms with Crippen LogP contribution >= 0.6 is 0 Å². The highest BCUT2D eigenvalue weighted by Crippen LogP contribution is 2.28. The molecule has 3 N–H and O–H groups in total. The van der Waals surface area contributed by atoms with Crippen LogP contribution in [0.25, 0.3) is 22.2 Å². The van der Waals surface area contributed by atoms with Crippen molar-refractivity contribution in [3.8, 4) is 28.7 Å². The van der Waals surface area contributed by atoms with Gasteiger partial charge in [0.05, 0.1) is 15.9 Å². The molecule has 0 fully saturated rings. The van der Waals surface area contributed by atoms with Crippen LogP contribution < -0.4 is 9.88 Å². The second-order valence-electron chi connectivity index (χ2n) is 6.68. The van der Waals surface area contributed by atoms with Gasteiger partial charge in [-0.25, -0.2) is 18.5 Å². The zero-order valence-electron chi connectivity index (χ0n) is 16.1. The molecule has 0 spiro atoms. The number of primary sulfonamides is 1. The Morgan fingerprint density at radius 1 is 0.969 bits per heavy atom. The van der Waals surface area contributed by atoms with E-state index < -0.39 is 16.4 Å². The molecule has 0 atom stereocenters. The van der Waals surface area contributed by atoms with E-state index in [1.165, 1.54) is 30.3 Å². The van der Waals surface area contributed by atoms with Crippen LogP contribution in [0, 0.1) is 11.8 Å². The van der Waals surface area contributed by atoms with E-state index in [0.29, 0.717) is 33.5 Å². The van der Waals surface area contributed by atoms with Gasteiger partial charge in [0.15, 0.2) is 5.82 Å². The first-order chi connectivity index (χ1) is 15.1. The van der Waals surface area contributed by atoms with Crippen LogP contribution in [0.1, 0.15) is 11.4 Å². The highest BCUT2D eigenvalue weighted by molar-refractivity contribution is 7.89. The molecule has 0 aliphatic rings. The molecule has 1 heterocycles. The summed E-state index contributed by atoms with van der Waals surface area (Å²) in [6.45, 7) is 0. The smallest absolute Gasteiger partial charge is 0.406 e. The van der Waals surface area contributed by atoms with Gasteiger partial charge in [0.2, 0.25) is 10.0 Å². The topological polar surface area (TPSA) is 98.1 Å². The summed E-state index contributed by atoms with van der Waals surface area (Å²) in [6, 6.07) is 16.7. The van der Waals surface area contributed by atoms with E-state index >= 15 is 0 Å². The van der Waals surface area contributed by atoms with E-state index in [1.54, 1.807) is 36.4 Å². The van der Waals surface area contributed by atoms with Crippen molar-refractivity contribution in [3.05, 3.63) is 78.1 Å². The van der Waals surface area contributed by atoms with E-state index in [4.69, 9.17) is 5.14 Å². The van der Waals surface area contributed by atoms with Crippen molar-refractivity contribution >= 4 is 21.1 Å². The van der Waals surface area contributed by atoms with Gasteiger partial charge < -0.3 is 9.72 Å². The predicted molar refractivity (Wildman–Crippen MR) is 112 cm³/mol. The third kappa shape index (κ3) is 4.91. The van der Waals surface area contributed by atoms with Gasteiger partial charge in [-0.15, -0.1) is 13.2 Å². The van der Waals surface area contributed by atoms with E-state index in [2.05, 4.69) is 26.5 Å². The Morgan fingerprint density at radius 2 is 1.69 bits per heavy atom. The normalized spacial score (nSPS) is 11.8. The number of imidazole rings is 1. The number of fused-ring (bicyclic) bond motifs is 1. The molecule has 1 aromatic heterocycles. The summed E-state index contributed by atoms with van der Waals surface area (Å²) in [5, 5.41) is 5.32. The molecule has 162 valence electrons. The van der Waals surface area contributed by atoms with Gasteiger partial charge in [0.25, 0.3) is 0 Å². The Bertz CT molecular complexity index is 1470. The van der Waals surface area contributed by atoms with Crippen LogP contribution in [0.5, 0.6) is 5.75 Å². The van der Waals surface area contributed by atoms with E-state index in [1.807, 2.05) is 0 Å². The van der Waals surface area contributed by atoms with Crippen LogP contribution in [0.4, 0.5) is 13.2 Å². The second kappa shape index (κ2) is 8.03. The first-order valence-electron chi connectivity index (χ1n) is 9.08. The SMILES string of the molecule is NS(=O)(=O)c1ccccc1-c1ccc2nc(C#Cc3ccc(OC(F)(F)F)cc3)[nH]c2c1. The molecule has 4 rings (SSSR count). The van der Waals surface area contributed by atoms with Crippen LogP contribution in [0.15, 0.2) is 71.6 Å². The number of hydrogen-bond acceptors (Lipinski definition) is 4. The van der Waals surface area contributed by atoms with E-state index in [-0.39, 0.29) is 10.6 Å². The molecule has 0 aliphatic carbocycles. The minimum absolute atomic E-state index is 0.0110. The number of nitrogens with zero attached hydrogens (tertiary/aromatic N) is 1. The van der Waals surface area contributed by atoms with Crippen molar-refractivity contribution in [2.24, 2.45) is 5.14 Å². The summed E-state index contributed by atoms with van der Waals surface area (Å²) >= 11 is 0. The monoisotopic (exact) mass is 457 g/mol. The minimum atomic E-state index is -4.75. The molecule has 0 unspecified atom stereocenters. The number of hydrogen-bond donors (Lipinski definition) is 2. The van der Waals surface area contributed by atoms with Crippen LogP contribution in [0.2, 0.25) is 0 Å². The molecule has 0 saturated heterocycles. The first-order valence-corrected chi connectivity index (χ1v) is 10.6. The van der Waals surface area contributed by atoms with Gasteiger partial charge in [-0.1, -0.05) is 30.2 Å². The third-order valence-corrected chi connectivity index (χ3v) is 5.37. The summed E-state index contributed by atoms with van der Waals surface area (Å²) in [4.78, 5) is 7.40. The first kappa shape index (κ1) is 21.4. The van der Waals surface area contributed by atoms with Crippen LogP contribution in [-0.4, -0.2) is 24.7 Å². The number of halogens is 3. The molecule has 3 aromatic carbocycles. The van der Waals surface area contributed by atoms with Gasteiger partial charge >= 0.3 is 6.36 Å². The molecule has 0 radical (unpaired) electrons. The van der Waals surface area contributed by atoms with Crippen molar-refractivity contribution in [2.45, 2.75) is 11.3 Å². The molecular formula is C22H14F3N3O3S. The summed E-state index contributed by atoms with van der Waals surface area (Å²) < 4.78 is 64.3. The number of benzene rings is 3. The molecule has 32 heavy (non-hydrogen) atoms. The quantitative estimate of drug-likeness (QED) is 0.451. The summed E-state index contributed by atoms with van der Waals surface area (Å²) in [7, 11) is -3.90. The number of nitrogens with two attached hydrogens (primary N) is 1. The van der Waals surface area contributed by atoms with Crippen molar-refractivity contribution in [1.29, 1.82) is 0 Å². The van der Waals surface area contributed by atoms with Crippen LogP contribution in [-0.2, 0) is 10.0 Å². The molecule has 0 saturated carbocycles. The molecule has 6 nitrogen and oxygen atoms in total. The lowest BCUT2D eigenvalue weighted by Gasteiger charge is -2.07. The van der Waals surface area contributed by atoms with Gasteiger partial charge in [-0.3, -0.25) is 0 Å².